The summed E-state index contributed by atoms with van der Waals surface area (Å²) in [5.41, 5.74) is 0.827. The molecule has 3 aromatic rings. The Morgan fingerprint density at radius 1 is 0.861 bits per heavy atom. The van der Waals surface area contributed by atoms with Crippen LogP contribution >= 0.6 is 69.8 Å². The van der Waals surface area contributed by atoms with Crippen molar-refractivity contribution < 1.29 is 19.5 Å². The quantitative estimate of drug-likeness (QED) is 0.143. The number of thioether (sulfide) groups is 1. The Bertz CT molecular complexity index is 1380. The first kappa shape index (κ1) is 28.4. The molecular formula is C24H17Cl5N2O4S. The van der Waals surface area contributed by atoms with E-state index in [9.17, 15) is 19.5 Å². The fourth-order valence-corrected chi connectivity index (χ4v) is 5.23. The highest BCUT2D eigenvalue weighted by atomic mass is 35.5. The number of aromatic carboxylic acids is 1. The summed E-state index contributed by atoms with van der Waals surface area (Å²) < 4.78 is 0. The van der Waals surface area contributed by atoms with E-state index in [4.69, 9.17) is 58.0 Å². The molecule has 0 bridgehead atoms. The standard InChI is InChI=1S/C24H17Cl5N2O4S/c1-10-6-7-12(25)8-15(10)31-22(32)11(2)36-14-5-3-4-13(9-14)30-23(33)16-17(24(34)35)19(27)21(29)20(28)18(16)26/h3-9,11H,1-2H3,(H,30,33)(H,31,32)(H,34,35). The third-order valence-corrected chi connectivity index (χ3v) is 8.07. The summed E-state index contributed by atoms with van der Waals surface area (Å²) in [5.74, 6) is -2.57. The van der Waals surface area contributed by atoms with E-state index >= 15 is 0 Å². The normalized spacial score (nSPS) is 11.6. The predicted molar refractivity (Wildman–Crippen MR) is 148 cm³/mol. The fraction of sp³-hybridized carbons (Fsp3) is 0.125. The molecular weight excluding hydrogens is 590 g/mol. The highest BCUT2D eigenvalue weighted by Crippen LogP contribution is 2.42. The van der Waals surface area contributed by atoms with Gasteiger partial charge in [0.2, 0.25) is 5.91 Å². The first-order chi connectivity index (χ1) is 16.9. The van der Waals surface area contributed by atoms with Crippen LogP contribution in [0.5, 0.6) is 0 Å². The molecule has 0 saturated heterocycles. The molecule has 3 N–H and O–H groups in total. The molecule has 0 heterocycles. The number of benzene rings is 3. The number of amides is 2. The maximum Gasteiger partial charge on any atom is 0.338 e. The average molecular weight is 607 g/mol. The summed E-state index contributed by atoms with van der Waals surface area (Å²) in [6.45, 7) is 3.60. The zero-order chi connectivity index (χ0) is 26.7. The first-order valence-corrected chi connectivity index (χ1v) is 12.9. The molecule has 1 unspecified atom stereocenters. The van der Waals surface area contributed by atoms with Gasteiger partial charge in [-0.3, -0.25) is 9.59 Å². The summed E-state index contributed by atoms with van der Waals surface area (Å²) >= 11 is 31.4. The van der Waals surface area contributed by atoms with Gasteiger partial charge in [0.05, 0.1) is 36.5 Å². The lowest BCUT2D eigenvalue weighted by atomic mass is 10.1. The number of halogens is 5. The van der Waals surface area contributed by atoms with Crippen LogP contribution in [0.25, 0.3) is 0 Å². The van der Waals surface area contributed by atoms with Crippen molar-refractivity contribution >= 4 is 98.9 Å². The predicted octanol–water partition coefficient (Wildman–Crippen LogP) is 8.33. The first-order valence-electron chi connectivity index (χ1n) is 10.1. The summed E-state index contributed by atoms with van der Waals surface area (Å²) in [5, 5.41) is 13.8. The molecule has 0 radical (unpaired) electrons. The molecule has 3 rings (SSSR count). The monoisotopic (exact) mass is 604 g/mol. The van der Waals surface area contributed by atoms with Crippen LogP contribution in [0.15, 0.2) is 47.4 Å². The Morgan fingerprint density at radius 2 is 1.50 bits per heavy atom. The second kappa shape index (κ2) is 11.9. The minimum absolute atomic E-state index is 0.233. The maximum atomic E-state index is 13.0. The van der Waals surface area contributed by atoms with Crippen molar-refractivity contribution in [2.45, 2.75) is 24.0 Å². The Hall–Kier alpha value is -2.13. The minimum atomic E-state index is -1.50. The molecule has 0 spiro atoms. The van der Waals surface area contributed by atoms with Crippen molar-refractivity contribution in [3.05, 3.63) is 84.3 Å². The number of rotatable bonds is 7. The number of carboxylic acids is 1. The second-order valence-corrected chi connectivity index (χ2v) is 10.9. The van der Waals surface area contributed by atoms with Crippen LogP contribution in [0.4, 0.5) is 11.4 Å². The molecule has 0 saturated carbocycles. The minimum Gasteiger partial charge on any atom is -0.478 e. The van der Waals surface area contributed by atoms with E-state index in [-0.39, 0.29) is 21.0 Å². The van der Waals surface area contributed by atoms with Crippen molar-refractivity contribution in [1.82, 2.24) is 0 Å². The van der Waals surface area contributed by atoms with Gasteiger partial charge < -0.3 is 15.7 Å². The number of carbonyl (C=O) groups is 3. The van der Waals surface area contributed by atoms with E-state index in [0.717, 1.165) is 5.56 Å². The largest absolute Gasteiger partial charge is 0.478 e. The summed E-state index contributed by atoms with van der Waals surface area (Å²) in [7, 11) is 0. The summed E-state index contributed by atoms with van der Waals surface area (Å²) in [6, 6.07) is 11.9. The Kier molecular flexibility index (Phi) is 9.44. The van der Waals surface area contributed by atoms with Gasteiger partial charge in [0.25, 0.3) is 5.91 Å². The van der Waals surface area contributed by atoms with Gasteiger partial charge in [-0.2, -0.15) is 0 Å². The van der Waals surface area contributed by atoms with Crippen molar-refractivity contribution in [1.29, 1.82) is 0 Å². The van der Waals surface area contributed by atoms with Crippen molar-refractivity contribution in [2.24, 2.45) is 0 Å². The number of hydrogen-bond acceptors (Lipinski definition) is 4. The lowest BCUT2D eigenvalue weighted by Gasteiger charge is -2.15. The number of carbonyl (C=O) groups excluding carboxylic acids is 2. The SMILES string of the molecule is Cc1ccc(Cl)cc1NC(=O)C(C)Sc1cccc(NC(=O)c2c(Cl)c(Cl)c(Cl)c(Cl)c2C(=O)O)c1. The van der Waals surface area contributed by atoms with Crippen molar-refractivity contribution in [3.8, 4) is 0 Å². The van der Waals surface area contributed by atoms with Gasteiger partial charge in [-0.15, -0.1) is 11.8 Å². The van der Waals surface area contributed by atoms with Crippen LogP contribution in [0.3, 0.4) is 0 Å². The summed E-state index contributed by atoms with van der Waals surface area (Å²) in [6.07, 6.45) is 0. The molecule has 188 valence electrons. The number of hydrogen-bond donors (Lipinski definition) is 3. The second-order valence-electron chi connectivity index (χ2n) is 7.50. The van der Waals surface area contributed by atoms with Crippen LogP contribution in [0.2, 0.25) is 25.1 Å². The lowest BCUT2D eigenvalue weighted by molar-refractivity contribution is -0.115. The Balaban J connectivity index is 1.79. The van der Waals surface area contributed by atoms with Crippen LogP contribution in [0.1, 0.15) is 33.2 Å². The molecule has 36 heavy (non-hydrogen) atoms. The third-order valence-electron chi connectivity index (χ3n) is 4.94. The molecule has 0 aliphatic rings. The molecule has 0 aliphatic carbocycles. The number of nitrogens with one attached hydrogen (secondary N) is 2. The van der Waals surface area contributed by atoms with Crippen LogP contribution < -0.4 is 10.6 Å². The van der Waals surface area contributed by atoms with Gasteiger partial charge in [0.1, 0.15) is 0 Å². The number of carboxylic acid groups (broad SMARTS) is 1. The van der Waals surface area contributed by atoms with Crippen LogP contribution in [-0.2, 0) is 4.79 Å². The van der Waals surface area contributed by atoms with Crippen LogP contribution in [-0.4, -0.2) is 28.1 Å². The smallest absolute Gasteiger partial charge is 0.338 e. The Morgan fingerprint density at radius 3 is 2.14 bits per heavy atom. The Labute approximate surface area is 236 Å². The highest BCUT2D eigenvalue weighted by molar-refractivity contribution is 8.00. The fourth-order valence-electron chi connectivity index (χ4n) is 3.11. The zero-order valence-corrected chi connectivity index (χ0v) is 23.2. The van der Waals surface area contributed by atoms with E-state index < -0.39 is 33.3 Å². The van der Waals surface area contributed by atoms with Gasteiger partial charge in [-0.1, -0.05) is 70.1 Å². The van der Waals surface area contributed by atoms with Crippen LogP contribution in [0, 0.1) is 6.92 Å². The topological polar surface area (TPSA) is 95.5 Å². The molecule has 12 heteroatoms. The zero-order valence-electron chi connectivity index (χ0n) is 18.6. The van der Waals surface area contributed by atoms with E-state index in [1.165, 1.54) is 11.8 Å². The van der Waals surface area contributed by atoms with E-state index in [0.29, 0.717) is 21.3 Å². The molecule has 6 nitrogen and oxygen atoms in total. The van der Waals surface area contributed by atoms with Gasteiger partial charge in [-0.25, -0.2) is 4.79 Å². The third kappa shape index (κ3) is 6.40. The average Bonchev–Trinajstić information content (AvgIpc) is 2.82. The lowest BCUT2D eigenvalue weighted by Crippen LogP contribution is -2.22. The van der Waals surface area contributed by atoms with Crippen molar-refractivity contribution in [2.75, 3.05) is 10.6 Å². The molecule has 0 fully saturated rings. The molecule has 3 aromatic carbocycles. The number of aryl methyl sites for hydroxylation is 1. The number of anilines is 2. The van der Waals surface area contributed by atoms with E-state index in [1.807, 2.05) is 13.0 Å². The van der Waals surface area contributed by atoms with Gasteiger partial charge in [-0.05, 0) is 49.7 Å². The molecule has 0 aromatic heterocycles. The van der Waals surface area contributed by atoms with Gasteiger partial charge >= 0.3 is 5.97 Å². The van der Waals surface area contributed by atoms with Crippen molar-refractivity contribution in [3.63, 3.8) is 0 Å². The highest BCUT2D eigenvalue weighted by Gasteiger charge is 2.29. The van der Waals surface area contributed by atoms with E-state index in [1.54, 1.807) is 43.3 Å². The summed E-state index contributed by atoms with van der Waals surface area (Å²) in [4.78, 5) is 38.1. The van der Waals surface area contributed by atoms with E-state index in [2.05, 4.69) is 10.6 Å². The van der Waals surface area contributed by atoms with Gasteiger partial charge in [0.15, 0.2) is 0 Å². The molecule has 0 aliphatic heterocycles. The van der Waals surface area contributed by atoms with Gasteiger partial charge in [0, 0.05) is 21.3 Å². The molecule has 1 atom stereocenters. The molecule has 2 amide bonds. The maximum absolute atomic E-state index is 13.0.